The summed E-state index contributed by atoms with van der Waals surface area (Å²) in [6, 6.07) is 1.56. The average molecular weight is 225 g/mol. The van der Waals surface area contributed by atoms with E-state index in [0.29, 0.717) is 12.3 Å². The van der Waals surface area contributed by atoms with Crippen LogP contribution in [0.3, 0.4) is 0 Å². The van der Waals surface area contributed by atoms with Crippen LogP contribution in [0.15, 0.2) is 6.07 Å². The molecule has 0 amide bonds. The Labute approximate surface area is 95.9 Å². The maximum absolute atomic E-state index is 9.90. The molecular weight excluding hydrogens is 206 g/mol. The summed E-state index contributed by atoms with van der Waals surface area (Å²) in [7, 11) is 3.29. The van der Waals surface area contributed by atoms with Gasteiger partial charge in [0.1, 0.15) is 0 Å². The number of hydrogen-bond acceptors (Lipinski definition) is 4. The third-order valence-corrected chi connectivity index (χ3v) is 2.82. The van der Waals surface area contributed by atoms with E-state index in [4.69, 9.17) is 4.74 Å². The second kappa shape index (κ2) is 5.18. The molecule has 0 saturated carbocycles. The van der Waals surface area contributed by atoms with Crippen LogP contribution in [0.4, 0.5) is 0 Å². The Morgan fingerprint density at radius 1 is 1.38 bits per heavy atom. The minimum absolute atomic E-state index is 0.0655. The summed E-state index contributed by atoms with van der Waals surface area (Å²) in [5, 5.41) is 22.6. The van der Waals surface area contributed by atoms with Gasteiger partial charge in [-0.3, -0.25) is 0 Å². The SMILES string of the molecule is CNCC(O)c1cc(O)c(OC)c(C)c1C. The van der Waals surface area contributed by atoms with E-state index < -0.39 is 6.10 Å². The highest BCUT2D eigenvalue weighted by molar-refractivity contribution is 5.53. The predicted molar refractivity (Wildman–Crippen MR) is 63.0 cm³/mol. The Morgan fingerprint density at radius 3 is 2.50 bits per heavy atom. The zero-order valence-corrected chi connectivity index (χ0v) is 10.2. The highest BCUT2D eigenvalue weighted by Gasteiger charge is 2.17. The van der Waals surface area contributed by atoms with Crippen LogP contribution in [0.2, 0.25) is 0 Å². The number of likely N-dealkylation sites (N-methyl/N-ethyl adjacent to an activating group) is 1. The Morgan fingerprint density at radius 2 is 2.00 bits per heavy atom. The van der Waals surface area contributed by atoms with Crippen molar-refractivity contribution in [2.24, 2.45) is 0 Å². The van der Waals surface area contributed by atoms with E-state index >= 15 is 0 Å². The topological polar surface area (TPSA) is 61.7 Å². The summed E-state index contributed by atoms with van der Waals surface area (Å²) >= 11 is 0. The normalized spacial score (nSPS) is 12.6. The predicted octanol–water partition coefficient (Wildman–Crippen LogP) is 1.27. The van der Waals surface area contributed by atoms with Crippen molar-refractivity contribution in [2.45, 2.75) is 20.0 Å². The van der Waals surface area contributed by atoms with Gasteiger partial charge in [-0.2, -0.15) is 0 Å². The first-order valence-corrected chi connectivity index (χ1v) is 5.22. The number of phenols is 1. The highest BCUT2D eigenvalue weighted by atomic mass is 16.5. The van der Waals surface area contributed by atoms with Crippen LogP contribution in [0.25, 0.3) is 0 Å². The molecule has 0 spiro atoms. The van der Waals surface area contributed by atoms with Crippen LogP contribution in [0.1, 0.15) is 22.8 Å². The average Bonchev–Trinajstić information content (AvgIpc) is 2.24. The van der Waals surface area contributed by atoms with Gasteiger partial charge in [0, 0.05) is 6.54 Å². The van der Waals surface area contributed by atoms with Crippen LogP contribution >= 0.6 is 0 Å². The molecule has 1 unspecified atom stereocenters. The molecule has 0 saturated heterocycles. The zero-order chi connectivity index (χ0) is 12.3. The first-order chi connectivity index (χ1) is 7.52. The third-order valence-electron chi connectivity index (χ3n) is 2.82. The van der Waals surface area contributed by atoms with Crippen LogP contribution in [-0.4, -0.2) is 30.9 Å². The number of benzene rings is 1. The lowest BCUT2D eigenvalue weighted by Gasteiger charge is -2.18. The zero-order valence-electron chi connectivity index (χ0n) is 10.2. The molecule has 1 rings (SSSR count). The largest absolute Gasteiger partial charge is 0.504 e. The van der Waals surface area contributed by atoms with Gasteiger partial charge in [0.2, 0.25) is 0 Å². The molecular formula is C12H19NO3. The molecule has 0 bridgehead atoms. The maximum atomic E-state index is 9.90. The van der Waals surface area contributed by atoms with Crippen LogP contribution in [0.5, 0.6) is 11.5 Å². The van der Waals surface area contributed by atoms with Crippen molar-refractivity contribution in [2.75, 3.05) is 20.7 Å². The number of ether oxygens (including phenoxy) is 1. The maximum Gasteiger partial charge on any atom is 0.163 e. The Bertz CT molecular complexity index is 377. The van der Waals surface area contributed by atoms with Gasteiger partial charge in [-0.1, -0.05) is 0 Å². The van der Waals surface area contributed by atoms with Gasteiger partial charge in [0.15, 0.2) is 11.5 Å². The number of aromatic hydroxyl groups is 1. The fourth-order valence-corrected chi connectivity index (χ4v) is 1.81. The number of rotatable bonds is 4. The fraction of sp³-hybridized carbons (Fsp3) is 0.500. The lowest BCUT2D eigenvalue weighted by atomic mass is 9.97. The minimum Gasteiger partial charge on any atom is -0.504 e. The number of nitrogens with one attached hydrogen (secondary N) is 1. The van der Waals surface area contributed by atoms with Gasteiger partial charge >= 0.3 is 0 Å². The molecule has 1 atom stereocenters. The van der Waals surface area contributed by atoms with Crippen molar-refractivity contribution in [1.82, 2.24) is 5.32 Å². The number of aliphatic hydroxyl groups is 1. The smallest absolute Gasteiger partial charge is 0.163 e. The van der Waals surface area contributed by atoms with E-state index in [-0.39, 0.29) is 5.75 Å². The van der Waals surface area contributed by atoms with Crippen LogP contribution in [0, 0.1) is 13.8 Å². The number of phenolic OH excluding ortho intramolecular Hbond substituents is 1. The van der Waals surface area contributed by atoms with Gasteiger partial charge in [0.05, 0.1) is 13.2 Å². The van der Waals surface area contributed by atoms with E-state index in [0.717, 1.165) is 16.7 Å². The molecule has 3 N–H and O–H groups in total. The van der Waals surface area contributed by atoms with Crippen molar-refractivity contribution in [3.05, 3.63) is 22.8 Å². The molecule has 90 valence electrons. The van der Waals surface area contributed by atoms with Crippen molar-refractivity contribution in [3.63, 3.8) is 0 Å². The number of methoxy groups -OCH3 is 1. The molecule has 4 nitrogen and oxygen atoms in total. The third kappa shape index (κ3) is 2.28. The first kappa shape index (κ1) is 12.8. The summed E-state index contributed by atoms with van der Waals surface area (Å²) in [6.45, 7) is 4.22. The second-order valence-corrected chi connectivity index (χ2v) is 3.84. The van der Waals surface area contributed by atoms with Crippen molar-refractivity contribution < 1.29 is 14.9 Å². The van der Waals surface area contributed by atoms with Crippen molar-refractivity contribution >= 4 is 0 Å². The van der Waals surface area contributed by atoms with E-state index in [9.17, 15) is 10.2 Å². The summed E-state index contributed by atoms with van der Waals surface area (Å²) in [4.78, 5) is 0. The lowest BCUT2D eigenvalue weighted by Crippen LogP contribution is -2.17. The summed E-state index contributed by atoms with van der Waals surface area (Å²) in [5.41, 5.74) is 2.52. The molecule has 0 radical (unpaired) electrons. The first-order valence-electron chi connectivity index (χ1n) is 5.22. The van der Waals surface area contributed by atoms with E-state index in [2.05, 4.69) is 5.32 Å². The highest BCUT2D eigenvalue weighted by Crippen LogP contribution is 2.36. The standard InChI is InChI=1S/C12H19NO3/c1-7-8(2)12(16-4)10(14)5-9(7)11(15)6-13-3/h5,11,13-15H,6H2,1-4H3. The van der Waals surface area contributed by atoms with Crippen LogP contribution in [-0.2, 0) is 0 Å². The van der Waals surface area contributed by atoms with Gasteiger partial charge in [-0.05, 0) is 43.7 Å². The molecule has 1 aromatic carbocycles. The number of aliphatic hydroxyl groups excluding tert-OH is 1. The van der Waals surface area contributed by atoms with E-state index in [1.54, 1.807) is 13.1 Å². The molecule has 0 aliphatic rings. The molecule has 0 fully saturated rings. The Balaban J connectivity index is 3.22. The van der Waals surface area contributed by atoms with Gasteiger partial charge in [-0.25, -0.2) is 0 Å². The van der Waals surface area contributed by atoms with Crippen molar-refractivity contribution in [1.29, 1.82) is 0 Å². The summed E-state index contributed by atoms with van der Waals surface area (Å²) in [6.07, 6.45) is -0.625. The van der Waals surface area contributed by atoms with E-state index in [1.807, 2.05) is 13.8 Å². The molecule has 0 aliphatic carbocycles. The van der Waals surface area contributed by atoms with E-state index in [1.165, 1.54) is 7.11 Å². The van der Waals surface area contributed by atoms with Crippen molar-refractivity contribution in [3.8, 4) is 11.5 Å². The Kier molecular flexibility index (Phi) is 4.15. The molecule has 1 aromatic rings. The molecule has 0 heterocycles. The van der Waals surface area contributed by atoms with Gasteiger partial charge in [-0.15, -0.1) is 0 Å². The number of hydrogen-bond donors (Lipinski definition) is 3. The molecule has 16 heavy (non-hydrogen) atoms. The lowest BCUT2D eigenvalue weighted by molar-refractivity contribution is 0.176. The quantitative estimate of drug-likeness (QED) is 0.722. The Hall–Kier alpha value is -1.26. The summed E-state index contributed by atoms with van der Waals surface area (Å²) < 4.78 is 5.10. The fourth-order valence-electron chi connectivity index (χ4n) is 1.81. The molecule has 0 aliphatic heterocycles. The van der Waals surface area contributed by atoms with Gasteiger partial charge in [0.25, 0.3) is 0 Å². The van der Waals surface area contributed by atoms with Gasteiger partial charge < -0.3 is 20.3 Å². The summed E-state index contributed by atoms with van der Waals surface area (Å²) in [5.74, 6) is 0.536. The molecule has 4 heteroatoms. The second-order valence-electron chi connectivity index (χ2n) is 3.84. The monoisotopic (exact) mass is 225 g/mol. The van der Waals surface area contributed by atoms with Crippen LogP contribution < -0.4 is 10.1 Å². The molecule has 0 aromatic heterocycles. The minimum atomic E-state index is -0.625.